The maximum absolute atomic E-state index is 13.6. The highest BCUT2D eigenvalue weighted by Gasteiger charge is 2.41. The number of nitrogens with two attached hydrogens (primary N) is 1. The average Bonchev–Trinajstić information content (AvgIpc) is 3.07. The van der Waals surface area contributed by atoms with Gasteiger partial charge in [0.1, 0.15) is 11.6 Å². The van der Waals surface area contributed by atoms with Gasteiger partial charge in [0.15, 0.2) is 0 Å². The maximum Gasteiger partial charge on any atom is 0.123 e. The highest BCUT2D eigenvalue weighted by molar-refractivity contribution is 5.54. The number of hydrogen-bond donors (Lipinski definition) is 4. The molecule has 0 aliphatic carbocycles. The second kappa shape index (κ2) is 10.4. The van der Waals surface area contributed by atoms with Crippen LogP contribution in [0.15, 0.2) is 72.2 Å². The minimum atomic E-state index is -0.641. The van der Waals surface area contributed by atoms with Crippen LogP contribution in [0.1, 0.15) is 19.4 Å². The van der Waals surface area contributed by atoms with Crippen molar-refractivity contribution in [2.45, 2.75) is 25.4 Å². The van der Waals surface area contributed by atoms with Gasteiger partial charge in [0, 0.05) is 24.7 Å². The van der Waals surface area contributed by atoms with Gasteiger partial charge in [0.2, 0.25) is 0 Å². The van der Waals surface area contributed by atoms with E-state index in [4.69, 9.17) is 5.73 Å². The van der Waals surface area contributed by atoms with Crippen LogP contribution < -0.4 is 16.6 Å². The van der Waals surface area contributed by atoms with Crippen molar-refractivity contribution >= 4 is 0 Å². The minimum absolute atomic E-state index is 0.0324. The number of aliphatic hydroxyl groups is 1. The molecule has 2 atom stereocenters. The summed E-state index contributed by atoms with van der Waals surface area (Å²) in [4.78, 5) is 4.18. The van der Waals surface area contributed by atoms with E-state index in [9.17, 15) is 9.50 Å². The predicted octanol–water partition coefficient (Wildman–Crippen LogP) is 2.19. The molecule has 0 saturated heterocycles. The average molecular weight is 416 g/mol. The zero-order chi connectivity index (χ0) is 22.3. The summed E-state index contributed by atoms with van der Waals surface area (Å²) in [6.07, 6.45) is 6.95. The highest BCUT2D eigenvalue weighted by Crippen LogP contribution is 2.40. The molecule has 30 heavy (non-hydrogen) atoms. The zero-order valence-corrected chi connectivity index (χ0v) is 18.3. The van der Waals surface area contributed by atoms with Crippen LogP contribution in [0.2, 0.25) is 0 Å². The number of nitrogens with zero attached hydrogens (tertiary/aromatic N) is 2. The van der Waals surface area contributed by atoms with Gasteiger partial charge in [-0.25, -0.2) is 9.82 Å². The molecule has 5 N–H and O–H groups in total. The number of allylic oxidation sites excluding steroid dienone is 3. The first-order valence-corrected chi connectivity index (χ1v) is 10.1. The van der Waals surface area contributed by atoms with Crippen molar-refractivity contribution in [1.82, 2.24) is 20.7 Å². The Hall–Kier alpha value is -2.61. The number of hydrazine groups is 1. The predicted molar refractivity (Wildman–Crippen MR) is 120 cm³/mol. The van der Waals surface area contributed by atoms with Crippen LogP contribution in [0.3, 0.4) is 0 Å². The molecule has 0 amide bonds. The van der Waals surface area contributed by atoms with Gasteiger partial charge in [-0.3, -0.25) is 0 Å². The molecule has 0 aromatic heterocycles. The summed E-state index contributed by atoms with van der Waals surface area (Å²) in [5.41, 5.74) is 14.6. The lowest BCUT2D eigenvalue weighted by Crippen LogP contribution is -2.46. The van der Waals surface area contributed by atoms with Crippen molar-refractivity contribution in [1.29, 1.82) is 0 Å². The van der Waals surface area contributed by atoms with E-state index < -0.39 is 5.54 Å². The van der Waals surface area contributed by atoms with Crippen molar-refractivity contribution in [3.05, 3.63) is 83.6 Å². The monoisotopic (exact) mass is 415 g/mol. The third-order valence-electron chi connectivity index (χ3n) is 5.52. The molecule has 0 spiro atoms. The number of aliphatic hydroxyl groups excluding tert-OH is 1. The Bertz CT molecular complexity index is 815. The van der Waals surface area contributed by atoms with Crippen molar-refractivity contribution in [3.8, 4) is 0 Å². The van der Waals surface area contributed by atoms with E-state index in [-0.39, 0.29) is 18.5 Å². The first-order chi connectivity index (χ1) is 14.3. The fourth-order valence-electron chi connectivity index (χ4n) is 3.68. The highest BCUT2D eigenvalue weighted by atomic mass is 19.1. The molecule has 1 aromatic rings. The first kappa shape index (κ1) is 23.7. The minimum Gasteiger partial charge on any atom is -0.405 e. The fourth-order valence-corrected chi connectivity index (χ4v) is 3.68. The van der Waals surface area contributed by atoms with E-state index in [1.165, 1.54) is 18.3 Å². The number of benzene rings is 1. The molecule has 0 fully saturated rings. The summed E-state index contributed by atoms with van der Waals surface area (Å²) in [5.74, 6) is 0.602. The zero-order valence-electron chi connectivity index (χ0n) is 18.3. The molecule has 1 aromatic carbocycles. The topological polar surface area (TPSA) is 76.8 Å². The van der Waals surface area contributed by atoms with E-state index in [2.05, 4.69) is 29.3 Å². The van der Waals surface area contributed by atoms with Crippen LogP contribution in [0.25, 0.3) is 0 Å². The molecule has 1 aliphatic rings. The fraction of sp³-hybridized carbons (Fsp3) is 0.391. The number of likely N-dealkylation sites (N-methyl/N-ethyl adjacent to an activating group) is 2. The summed E-state index contributed by atoms with van der Waals surface area (Å²) in [6, 6.07) is 6.43. The van der Waals surface area contributed by atoms with Crippen molar-refractivity contribution in [2.75, 3.05) is 33.8 Å². The molecular formula is C23H34FN5O. The van der Waals surface area contributed by atoms with Crippen molar-refractivity contribution < 1.29 is 9.50 Å². The van der Waals surface area contributed by atoms with Gasteiger partial charge in [-0.15, -0.1) is 0 Å². The summed E-state index contributed by atoms with van der Waals surface area (Å²) in [5, 5.41) is 9.83. The third-order valence-corrected chi connectivity index (χ3v) is 5.52. The van der Waals surface area contributed by atoms with Gasteiger partial charge in [-0.2, -0.15) is 0 Å². The van der Waals surface area contributed by atoms with Crippen LogP contribution in [0.4, 0.5) is 4.39 Å². The largest absolute Gasteiger partial charge is 0.405 e. The van der Waals surface area contributed by atoms with E-state index in [0.717, 1.165) is 29.1 Å². The van der Waals surface area contributed by atoms with Crippen molar-refractivity contribution in [2.24, 2.45) is 5.73 Å². The van der Waals surface area contributed by atoms with Crippen LogP contribution in [-0.2, 0) is 5.54 Å². The summed E-state index contributed by atoms with van der Waals surface area (Å²) in [7, 11) is 3.90. The van der Waals surface area contributed by atoms with Crippen molar-refractivity contribution in [3.63, 3.8) is 0 Å². The normalized spacial score (nSPS) is 20.7. The lowest BCUT2D eigenvalue weighted by Gasteiger charge is -2.33. The standard InChI is InChI=1S/C23H34FN5O/c1-6-8-17(13-14-25)21-22(29(7-2)15-20(16-30)28(4)5)26-27-23(21,3)18-9-11-19(24)12-10-18/h6,8-14,20,26-27,30H,1,7,15-16,25H2,2-5H3/b14-13-,17-8+. The van der Waals surface area contributed by atoms with E-state index in [1.807, 2.05) is 38.1 Å². The smallest absolute Gasteiger partial charge is 0.123 e. The number of rotatable bonds is 10. The van der Waals surface area contributed by atoms with Crippen LogP contribution in [-0.4, -0.2) is 54.7 Å². The van der Waals surface area contributed by atoms with E-state index >= 15 is 0 Å². The van der Waals surface area contributed by atoms with Gasteiger partial charge in [0.25, 0.3) is 0 Å². The van der Waals surface area contributed by atoms with Gasteiger partial charge < -0.3 is 26.1 Å². The molecule has 2 rings (SSSR count). The molecule has 0 saturated carbocycles. The van der Waals surface area contributed by atoms with Crippen LogP contribution in [0, 0.1) is 5.82 Å². The lowest BCUT2D eigenvalue weighted by molar-refractivity contribution is 0.134. The van der Waals surface area contributed by atoms with E-state index in [0.29, 0.717) is 6.54 Å². The Labute approximate surface area is 179 Å². The number of halogens is 1. The van der Waals surface area contributed by atoms with Gasteiger partial charge in [-0.1, -0.05) is 30.9 Å². The molecular weight excluding hydrogens is 381 g/mol. The second-order valence-electron chi connectivity index (χ2n) is 7.66. The summed E-state index contributed by atoms with van der Waals surface area (Å²) in [6.45, 7) is 9.36. The molecule has 2 unspecified atom stereocenters. The summed E-state index contributed by atoms with van der Waals surface area (Å²) >= 11 is 0. The van der Waals surface area contributed by atoms with Gasteiger partial charge in [-0.05, 0) is 63.5 Å². The molecule has 1 aliphatic heterocycles. The Morgan fingerprint density at radius 1 is 1.33 bits per heavy atom. The molecule has 1 heterocycles. The molecule has 6 nitrogen and oxygen atoms in total. The SMILES string of the molecule is C=C/C=C(\C=C/N)C1=C(N(CC)CC(CO)N(C)C)NNC1(C)c1ccc(F)cc1. The summed E-state index contributed by atoms with van der Waals surface area (Å²) < 4.78 is 13.6. The molecule has 7 heteroatoms. The Morgan fingerprint density at radius 2 is 2.00 bits per heavy atom. The quantitative estimate of drug-likeness (QED) is 0.439. The Morgan fingerprint density at radius 3 is 2.50 bits per heavy atom. The van der Waals surface area contributed by atoms with Gasteiger partial charge >= 0.3 is 0 Å². The van der Waals surface area contributed by atoms with Gasteiger partial charge in [0.05, 0.1) is 12.1 Å². The first-order valence-electron chi connectivity index (χ1n) is 10.1. The Kier molecular flexibility index (Phi) is 8.23. The molecule has 0 bridgehead atoms. The number of nitrogens with one attached hydrogen (secondary N) is 2. The van der Waals surface area contributed by atoms with E-state index in [1.54, 1.807) is 18.2 Å². The molecule has 0 radical (unpaired) electrons. The molecule has 164 valence electrons. The second-order valence-corrected chi connectivity index (χ2v) is 7.66. The maximum atomic E-state index is 13.6. The number of hydrogen-bond acceptors (Lipinski definition) is 6. The van der Waals surface area contributed by atoms with Crippen LogP contribution in [0.5, 0.6) is 0 Å². The third kappa shape index (κ3) is 4.92. The Balaban J connectivity index is 2.66. The lowest BCUT2D eigenvalue weighted by atomic mass is 9.81. The van der Waals surface area contributed by atoms with Crippen LogP contribution >= 0.6 is 0 Å².